The topological polar surface area (TPSA) is 74.6 Å². The second kappa shape index (κ2) is 14.3. The van der Waals surface area contributed by atoms with E-state index in [2.05, 4.69) is 34.6 Å². The first-order valence-corrected chi connectivity index (χ1v) is 12.3. The molecule has 31 heavy (non-hydrogen) atoms. The van der Waals surface area contributed by atoms with Crippen molar-refractivity contribution in [1.82, 2.24) is 0 Å². The van der Waals surface area contributed by atoms with E-state index in [1.807, 2.05) is 18.2 Å². The van der Waals surface area contributed by atoms with Gasteiger partial charge in [0.15, 0.2) is 0 Å². The van der Waals surface area contributed by atoms with Gasteiger partial charge in [-0.15, -0.1) is 0 Å². The summed E-state index contributed by atoms with van der Waals surface area (Å²) in [5, 5.41) is 20.2. The number of carboxylic acids is 2. The molecule has 0 aliphatic heterocycles. The molecule has 176 valence electrons. The maximum absolute atomic E-state index is 12.4. The lowest BCUT2D eigenvalue weighted by Gasteiger charge is -2.25. The van der Waals surface area contributed by atoms with Crippen molar-refractivity contribution in [3.63, 3.8) is 0 Å². The van der Waals surface area contributed by atoms with Gasteiger partial charge in [-0.1, -0.05) is 91.3 Å². The largest absolute Gasteiger partial charge is 0.481 e. The van der Waals surface area contributed by atoms with Gasteiger partial charge in [-0.05, 0) is 54.2 Å². The zero-order valence-corrected chi connectivity index (χ0v) is 20.3. The zero-order chi connectivity index (χ0) is 23.4. The molecule has 1 rings (SSSR count). The van der Waals surface area contributed by atoms with E-state index in [-0.39, 0.29) is 0 Å². The van der Waals surface area contributed by atoms with Crippen LogP contribution in [-0.2, 0) is 16.0 Å². The zero-order valence-electron chi connectivity index (χ0n) is 20.3. The lowest BCUT2D eigenvalue weighted by molar-refractivity contribution is -0.140. The molecule has 0 amide bonds. The number of hydrogen-bond acceptors (Lipinski definition) is 2. The Morgan fingerprint density at radius 3 is 1.81 bits per heavy atom. The maximum Gasteiger partial charge on any atom is 0.310 e. The predicted octanol–water partition coefficient (Wildman–Crippen LogP) is 7.41. The Morgan fingerprint density at radius 2 is 1.32 bits per heavy atom. The Hall–Kier alpha value is -1.84. The fraction of sp³-hybridized carbons (Fsp3) is 0.704. The minimum absolute atomic E-state index is 0.525. The van der Waals surface area contributed by atoms with E-state index < -0.39 is 23.8 Å². The number of unbranched alkanes of at least 4 members (excludes halogenated alkanes) is 2. The van der Waals surface area contributed by atoms with Crippen molar-refractivity contribution in [2.45, 2.75) is 111 Å². The fourth-order valence-electron chi connectivity index (χ4n) is 4.41. The highest BCUT2D eigenvalue weighted by molar-refractivity contribution is 5.81. The van der Waals surface area contributed by atoms with Crippen LogP contribution in [0.25, 0.3) is 0 Å². The van der Waals surface area contributed by atoms with Crippen molar-refractivity contribution in [2.75, 3.05) is 0 Å². The van der Waals surface area contributed by atoms with Crippen LogP contribution in [-0.4, -0.2) is 22.2 Å². The summed E-state index contributed by atoms with van der Waals surface area (Å²) in [6, 6.07) is 5.80. The van der Waals surface area contributed by atoms with Crippen LogP contribution in [0.1, 0.15) is 121 Å². The predicted molar refractivity (Wildman–Crippen MR) is 128 cm³/mol. The molecule has 0 radical (unpaired) electrons. The van der Waals surface area contributed by atoms with Gasteiger partial charge in [0.1, 0.15) is 0 Å². The number of carboxylic acid groups (broad SMARTS) is 2. The first-order chi connectivity index (χ1) is 14.7. The van der Waals surface area contributed by atoms with Gasteiger partial charge in [0.25, 0.3) is 0 Å². The summed E-state index contributed by atoms with van der Waals surface area (Å²) in [5.74, 6) is -1.92. The number of benzene rings is 1. The molecule has 2 unspecified atom stereocenters. The molecule has 0 aliphatic rings. The van der Waals surface area contributed by atoms with Crippen molar-refractivity contribution in [3.8, 4) is 0 Å². The molecule has 0 fully saturated rings. The van der Waals surface area contributed by atoms with Crippen LogP contribution in [0.15, 0.2) is 18.2 Å². The molecular formula is C27H44O4. The van der Waals surface area contributed by atoms with Crippen molar-refractivity contribution < 1.29 is 19.8 Å². The van der Waals surface area contributed by atoms with Crippen LogP contribution in [0.2, 0.25) is 0 Å². The summed E-state index contributed by atoms with van der Waals surface area (Å²) in [4.78, 5) is 24.6. The monoisotopic (exact) mass is 432 g/mol. The molecule has 0 aliphatic carbocycles. The maximum atomic E-state index is 12.4. The van der Waals surface area contributed by atoms with Crippen LogP contribution >= 0.6 is 0 Å². The first kappa shape index (κ1) is 27.2. The van der Waals surface area contributed by atoms with Crippen LogP contribution < -0.4 is 0 Å². The van der Waals surface area contributed by atoms with Crippen molar-refractivity contribution in [1.29, 1.82) is 0 Å². The summed E-state index contributed by atoms with van der Waals surface area (Å²) in [6.07, 6.45) is 8.73. The van der Waals surface area contributed by atoms with Gasteiger partial charge < -0.3 is 10.2 Å². The van der Waals surface area contributed by atoms with Crippen LogP contribution in [0.5, 0.6) is 0 Å². The summed E-state index contributed by atoms with van der Waals surface area (Å²) in [5.41, 5.74) is 2.53. The minimum Gasteiger partial charge on any atom is -0.481 e. The molecule has 0 spiro atoms. The molecule has 0 saturated carbocycles. The Balaban J connectivity index is 3.37. The molecule has 1 aromatic carbocycles. The fourth-order valence-corrected chi connectivity index (χ4v) is 4.41. The summed E-state index contributed by atoms with van der Waals surface area (Å²) in [7, 11) is 0. The van der Waals surface area contributed by atoms with Gasteiger partial charge in [0, 0.05) is 0 Å². The Morgan fingerprint density at radius 1 is 0.774 bits per heavy atom. The lowest BCUT2D eigenvalue weighted by Crippen LogP contribution is -2.21. The van der Waals surface area contributed by atoms with E-state index in [0.29, 0.717) is 24.7 Å². The van der Waals surface area contributed by atoms with Crippen molar-refractivity contribution in [2.24, 2.45) is 11.8 Å². The SMILES string of the molecule is CCCCCc1cccc(C(CCCC(C)C)C(=O)O)c1C(CCCC(C)C)C(=O)O. The Bertz CT molecular complexity index is 678. The van der Waals surface area contributed by atoms with Gasteiger partial charge >= 0.3 is 11.9 Å². The third-order valence-electron chi connectivity index (χ3n) is 6.15. The van der Waals surface area contributed by atoms with Crippen LogP contribution in [0.3, 0.4) is 0 Å². The van der Waals surface area contributed by atoms with E-state index in [4.69, 9.17) is 0 Å². The van der Waals surface area contributed by atoms with Gasteiger partial charge in [0.2, 0.25) is 0 Å². The van der Waals surface area contributed by atoms with Crippen LogP contribution in [0.4, 0.5) is 0 Å². The minimum atomic E-state index is -0.845. The molecule has 0 aromatic heterocycles. The average molecular weight is 433 g/mol. The Labute approximate surface area is 189 Å². The Kier molecular flexibility index (Phi) is 12.5. The molecule has 4 heteroatoms. The molecule has 4 nitrogen and oxygen atoms in total. The molecule has 0 heterocycles. The summed E-state index contributed by atoms with van der Waals surface area (Å²) < 4.78 is 0. The number of hydrogen-bond donors (Lipinski definition) is 2. The molecular weight excluding hydrogens is 388 g/mol. The molecule has 0 saturated heterocycles. The molecule has 1 aromatic rings. The van der Waals surface area contributed by atoms with E-state index >= 15 is 0 Å². The number of carbonyl (C=O) groups is 2. The van der Waals surface area contributed by atoms with E-state index in [9.17, 15) is 19.8 Å². The van der Waals surface area contributed by atoms with Crippen molar-refractivity contribution >= 4 is 11.9 Å². The van der Waals surface area contributed by atoms with Gasteiger partial charge in [-0.3, -0.25) is 9.59 Å². The van der Waals surface area contributed by atoms with E-state index in [0.717, 1.165) is 68.1 Å². The van der Waals surface area contributed by atoms with Crippen molar-refractivity contribution in [3.05, 3.63) is 34.9 Å². The highest BCUT2D eigenvalue weighted by atomic mass is 16.4. The highest BCUT2D eigenvalue weighted by Gasteiger charge is 2.30. The van der Waals surface area contributed by atoms with Gasteiger partial charge in [-0.2, -0.15) is 0 Å². The van der Waals surface area contributed by atoms with Crippen LogP contribution in [0, 0.1) is 11.8 Å². The average Bonchev–Trinajstić information content (AvgIpc) is 2.68. The third kappa shape index (κ3) is 9.45. The number of rotatable bonds is 16. The smallest absolute Gasteiger partial charge is 0.310 e. The number of aryl methyl sites for hydroxylation is 1. The highest BCUT2D eigenvalue weighted by Crippen LogP contribution is 2.36. The quantitative estimate of drug-likeness (QED) is 0.267. The van der Waals surface area contributed by atoms with Gasteiger partial charge in [-0.25, -0.2) is 0 Å². The lowest BCUT2D eigenvalue weighted by atomic mass is 9.79. The normalized spacial score (nSPS) is 13.5. The summed E-state index contributed by atoms with van der Waals surface area (Å²) >= 11 is 0. The van der Waals surface area contributed by atoms with E-state index in [1.165, 1.54) is 0 Å². The standard InChI is InChI=1S/C27H44O4/c1-6-7-8-14-21-15-11-16-22(23(26(28)29)17-9-12-19(2)3)25(21)24(27(30)31)18-10-13-20(4)5/h11,15-16,19-20,23-24H,6-10,12-14,17-18H2,1-5H3,(H,28,29)(H,30,31). The van der Waals surface area contributed by atoms with E-state index in [1.54, 1.807) is 0 Å². The molecule has 0 bridgehead atoms. The second-order valence-corrected chi connectivity index (χ2v) is 9.81. The first-order valence-electron chi connectivity index (χ1n) is 12.3. The second-order valence-electron chi connectivity index (χ2n) is 9.81. The number of aliphatic carboxylic acids is 2. The third-order valence-corrected chi connectivity index (χ3v) is 6.15. The molecule has 2 N–H and O–H groups in total. The van der Waals surface area contributed by atoms with Gasteiger partial charge in [0.05, 0.1) is 11.8 Å². The summed E-state index contributed by atoms with van der Waals surface area (Å²) in [6.45, 7) is 10.7. The molecule has 2 atom stereocenters.